The number of nitrogens with two attached hydrogens (primary N) is 1. The smallest absolute Gasteiger partial charge is 0.220 e. The molecule has 0 saturated heterocycles. The van der Waals surface area contributed by atoms with Crippen molar-refractivity contribution in [1.82, 2.24) is 0 Å². The number of hydrogen-bond donors (Lipinski definition) is 1. The Labute approximate surface area is 55.4 Å². The highest BCUT2D eigenvalue weighted by Gasteiger charge is 2.24. The molecule has 2 N–H and O–H groups in total. The van der Waals surface area contributed by atoms with Gasteiger partial charge in [0, 0.05) is 5.92 Å². The Hall–Kier alpha value is -0.530. The average molecular weight is 127 g/mol. The zero-order chi connectivity index (χ0) is 6.85. The summed E-state index contributed by atoms with van der Waals surface area (Å²) in [6, 6.07) is 0. The monoisotopic (exact) mass is 127 g/mol. The van der Waals surface area contributed by atoms with Crippen LogP contribution in [0.2, 0.25) is 0 Å². The van der Waals surface area contributed by atoms with E-state index in [1.54, 1.807) is 0 Å². The van der Waals surface area contributed by atoms with Crippen molar-refractivity contribution in [3.05, 3.63) is 0 Å². The summed E-state index contributed by atoms with van der Waals surface area (Å²) in [7, 11) is 0. The Bertz CT molecular complexity index is 122. The van der Waals surface area contributed by atoms with Gasteiger partial charge in [0.15, 0.2) is 0 Å². The summed E-state index contributed by atoms with van der Waals surface area (Å²) in [5.74, 6) is 0.779. The van der Waals surface area contributed by atoms with Crippen molar-refractivity contribution < 1.29 is 4.79 Å². The second-order valence-corrected chi connectivity index (χ2v) is 3.02. The fourth-order valence-electron chi connectivity index (χ4n) is 1.47. The highest BCUT2D eigenvalue weighted by molar-refractivity contribution is 5.76. The summed E-state index contributed by atoms with van der Waals surface area (Å²) in [6.07, 6.45) is 3.19. The van der Waals surface area contributed by atoms with Crippen LogP contribution in [0.1, 0.15) is 26.2 Å². The van der Waals surface area contributed by atoms with E-state index in [4.69, 9.17) is 5.73 Å². The average Bonchev–Trinajstić information content (AvgIpc) is 2.14. The van der Waals surface area contributed by atoms with Gasteiger partial charge in [-0.1, -0.05) is 6.92 Å². The van der Waals surface area contributed by atoms with Gasteiger partial charge in [-0.25, -0.2) is 0 Å². The molecular formula is C7H13NO. The minimum atomic E-state index is -0.112. The summed E-state index contributed by atoms with van der Waals surface area (Å²) >= 11 is 0. The molecule has 52 valence electrons. The minimum absolute atomic E-state index is 0.112. The Balaban J connectivity index is 2.39. The van der Waals surface area contributed by atoms with Gasteiger partial charge in [-0.3, -0.25) is 4.79 Å². The maximum absolute atomic E-state index is 10.6. The fraction of sp³-hybridized carbons (Fsp3) is 0.857. The number of hydrogen-bond acceptors (Lipinski definition) is 1. The lowest BCUT2D eigenvalue weighted by molar-refractivity contribution is -0.121. The van der Waals surface area contributed by atoms with Crippen LogP contribution in [-0.2, 0) is 4.79 Å². The zero-order valence-corrected chi connectivity index (χ0v) is 5.76. The first-order valence-electron chi connectivity index (χ1n) is 3.49. The molecule has 0 spiro atoms. The van der Waals surface area contributed by atoms with Gasteiger partial charge >= 0.3 is 0 Å². The normalized spacial score (nSPS) is 34.8. The third-order valence-corrected chi connectivity index (χ3v) is 2.10. The van der Waals surface area contributed by atoms with Gasteiger partial charge in [-0.2, -0.15) is 0 Å². The van der Waals surface area contributed by atoms with E-state index in [0.717, 1.165) is 12.8 Å². The van der Waals surface area contributed by atoms with Crippen LogP contribution in [0.25, 0.3) is 0 Å². The third-order valence-electron chi connectivity index (χ3n) is 2.10. The minimum Gasteiger partial charge on any atom is -0.369 e. The molecule has 2 nitrogen and oxygen atoms in total. The molecule has 0 bridgehead atoms. The van der Waals surface area contributed by atoms with Crippen molar-refractivity contribution in [2.45, 2.75) is 26.2 Å². The van der Waals surface area contributed by atoms with Gasteiger partial charge in [0.1, 0.15) is 0 Å². The van der Waals surface area contributed by atoms with E-state index in [1.807, 2.05) is 0 Å². The first-order chi connectivity index (χ1) is 4.20. The fourth-order valence-corrected chi connectivity index (χ4v) is 1.47. The zero-order valence-electron chi connectivity index (χ0n) is 5.76. The lowest BCUT2D eigenvalue weighted by Gasteiger charge is -2.01. The number of primary amides is 1. The van der Waals surface area contributed by atoms with E-state index in [1.165, 1.54) is 6.42 Å². The van der Waals surface area contributed by atoms with Crippen LogP contribution in [-0.4, -0.2) is 5.91 Å². The molecule has 1 aliphatic rings. The molecule has 1 aliphatic carbocycles. The highest BCUT2D eigenvalue weighted by Crippen LogP contribution is 2.29. The molecule has 0 radical (unpaired) electrons. The molecule has 0 heterocycles. The lowest BCUT2D eigenvalue weighted by Crippen LogP contribution is -2.20. The van der Waals surface area contributed by atoms with Gasteiger partial charge in [0.2, 0.25) is 5.91 Å². The van der Waals surface area contributed by atoms with Gasteiger partial charge < -0.3 is 5.73 Å². The maximum atomic E-state index is 10.6. The van der Waals surface area contributed by atoms with Crippen LogP contribution in [0, 0.1) is 11.8 Å². The molecule has 1 rings (SSSR count). The SMILES string of the molecule is CC1CC[C@H](C(N)=O)C1. The molecule has 1 unspecified atom stereocenters. The predicted octanol–water partition coefficient (Wildman–Crippen LogP) is 0.908. The number of rotatable bonds is 1. The second kappa shape index (κ2) is 2.38. The topological polar surface area (TPSA) is 43.1 Å². The van der Waals surface area contributed by atoms with Crippen LogP contribution in [0.3, 0.4) is 0 Å². The number of amides is 1. The molecule has 2 heteroatoms. The Kier molecular flexibility index (Phi) is 1.74. The highest BCUT2D eigenvalue weighted by atomic mass is 16.1. The summed E-state index contributed by atoms with van der Waals surface area (Å²) < 4.78 is 0. The Morgan fingerprint density at radius 3 is 2.44 bits per heavy atom. The summed E-state index contributed by atoms with van der Waals surface area (Å²) in [6.45, 7) is 2.17. The molecule has 0 aromatic carbocycles. The van der Waals surface area contributed by atoms with E-state index in [0.29, 0.717) is 5.92 Å². The summed E-state index contributed by atoms with van der Waals surface area (Å²) in [5, 5.41) is 0. The van der Waals surface area contributed by atoms with Crippen LogP contribution in [0.4, 0.5) is 0 Å². The molecule has 1 saturated carbocycles. The largest absolute Gasteiger partial charge is 0.369 e. The maximum Gasteiger partial charge on any atom is 0.220 e. The summed E-state index contributed by atoms with van der Waals surface area (Å²) in [5.41, 5.74) is 5.12. The van der Waals surface area contributed by atoms with Crippen LogP contribution < -0.4 is 5.73 Å². The van der Waals surface area contributed by atoms with Crippen molar-refractivity contribution in [1.29, 1.82) is 0 Å². The van der Waals surface area contributed by atoms with Crippen molar-refractivity contribution >= 4 is 5.91 Å². The molecule has 0 aromatic heterocycles. The Morgan fingerprint density at radius 1 is 1.56 bits per heavy atom. The molecule has 1 amide bonds. The summed E-state index contributed by atoms with van der Waals surface area (Å²) in [4.78, 5) is 10.6. The van der Waals surface area contributed by atoms with Crippen LogP contribution in [0.15, 0.2) is 0 Å². The first kappa shape index (κ1) is 6.59. The molecule has 9 heavy (non-hydrogen) atoms. The van der Waals surface area contributed by atoms with Crippen molar-refractivity contribution in [3.63, 3.8) is 0 Å². The Morgan fingerprint density at radius 2 is 2.22 bits per heavy atom. The number of carbonyl (C=O) groups is 1. The molecule has 0 aromatic rings. The first-order valence-corrected chi connectivity index (χ1v) is 3.49. The van der Waals surface area contributed by atoms with Gasteiger partial charge in [0.25, 0.3) is 0 Å². The lowest BCUT2D eigenvalue weighted by atomic mass is 10.1. The predicted molar refractivity (Wildman–Crippen MR) is 35.7 cm³/mol. The van der Waals surface area contributed by atoms with Crippen LogP contribution in [0.5, 0.6) is 0 Å². The molecular weight excluding hydrogens is 114 g/mol. The van der Waals surface area contributed by atoms with E-state index >= 15 is 0 Å². The van der Waals surface area contributed by atoms with Gasteiger partial charge in [-0.05, 0) is 25.2 Å². The van der Waals surface area contributed by atoms with Gasteiger partial charge in [0.05, 0.1) is 0 Å². The van der Waals surface area contributed by atoms with E-state index < -0.39 is 0 Å². The van der Waals surface area contributed by atoms with Gasteiger partial charge in [-0.15, -0.1) is 0 Å². The van der Waals surface area contributed by atoms with Crippen molar-refractivity contribution in [2.75, 3.05) is 0 Å². The van der Waals surface area contributed by atoms with Crippen molar-refractivity contribution in [2.24, 2.45) is 17.6 Å². The molecule has 0 aliphatic heterocycles. The van der Waals surface area contributed by atoms with E-state index in [9.17, 15) is 4.79 Å². The molecule has 1 fully saturated rings. The van der Waals surface area contributed by atoms with E-state index in [2.05, 4.69) is 6.92 Å². The quantitative estimate of drug-likeness (QED) is 0.559. The second-order valence-electron chi connectivity index (χ2n) is 3.02. The molecule has 2 atom stereocenters. The van der Waals surface area contributed by atoms with E-state index in [-0.39, 0.29) is 11.8 Å². The van der Waals surface area contributed by atoms with Crippen LogP contribution >= 0.6 is 0 Å². The third kappa shape index (κ3) is 1.44. The number of carbonyl (C=O) groups excluding carboxylic acids is 1. The van der Waals surface area contributed by atoms with Crippen molar-refractivity contribution in [3.8, 4) is 0 Å². The standard InChI is InChI=1S/C7H13NO/c1-5-2-3-6(4-5)7(8)9/h5-6H,2-4H2,1H3,(H2,8,9)/t5?,6-/m0/s1.